The van der Waals surface area contributed by atoms with Gasteiger partial charge < -0.3 is 11.1 Å². The van der Waals surface area contributed by atoms with Crippen molar-refractivity contribution >= 4 is 5.91 Å². The third kappa shape index (κ3) is 4.49. The summed E-state index contributed by atoms with van der Waals surface area (Å²) in [6.07, 6.45) is 3.63. The zero-order chi connectivity index (χ0) is 13.4. The third-order valence-electron chi connectivity index (χ3n) is 3.03. The number of amides is 1. The normalized spacial score (nSPS) is 13.9. The molecule has 3 nitrogen and oxygen atoms in total. The molecule has 0 unspecified atom stereocenters. The van der Waals surface area contributed by atoms with Crippen molar-refractivity contribution in [2.24, 2.45) is 5.73 Å². The molecule has 2 atom stereocenters. The van der Waals surface area contributed by atoms with Crippen LogP contribution in [0.25, 0.3) is 0 Å². The molecule has 1 amide bonds. The lowest BCUT2D eigenvalue weighted by Crippen LogP contribution is -2.42. The van der Waals surface area contributed by atoms with Gasteiger partial charge in [-0.15, -0.1) is 0 Å². The SMILES string of the molecule is CCC[C@H](NC(=O)[C@@H](N)CCC)c1ccccc1. The van der Waals surface area contributed by atoms with Crippen molar-refractivity contribution in [2.45, 2.75) is 51.6 Å². The monoisotopic (exact) mass is 248 g/mol. The lowest BCUT2D eigenvalue weighted by molar-refractivity contribution is -0.123. The molecule has 0 aliphatic rings. The van der Waals surface area contributed by atoms with Gasteiger partial charge in [-0.3, -0.25) is 4.79 Å². The van der Waals surface area contributed by atoms with Crippen LogP contribution in [0, 0.1) is 0 Å². The predicted octanol–water partition coefficient (Wildman–Crippen LogP) is 2.77. The Hall–Kier alpha value is -1.35. The molecule has 3 heteroatoms. The summed E-state index contributed by atoms with van der Waals surface area (Å²) in [5.41, 5.74) is 6.99. The zero-order valence-electron chi connectivity index (χ0n) is 11.4. The van der Waals surface area contributed by atoms with E-state index >= 15 is 0 Å². The molecular formula is C15H24N2O. The largest absolute Gasteiger partial charge is 0.348 e. The molecule has 0 aliphatic heterocycles. The number of nitrogens with two attached hydrogens (primary N) is 1. The first-order valence-corrected chi connectivity index (χ1v) is 6.79. The number of hydrogen-bond acceptors (Lipinski definition) is 2. The molecule has 0 fully saturated rings. The van der Waals surface area contributed by atoms with Crippen LogP contribution >= 0.6 is 0 Å². The quantitative estimate of drug-likeness (QED) is 0.779. The third-order valence-corrected chi connectivity index (χ3v) is 3.03. The molecule has 0 bridgehead atoms. The van der Waals surface area contributed by atoms with E-state index in [2.05, 4.69) is 12.2 Å². The number of rotatable bonds is 7. The lowest BCUT2D eigenvalue weighted by atomic mass is 10.0. The first-order chi connectivity index (χ1) is 8.69. The fraction of sp³-hybridized carbons (Fsp3) is 0.533. The van der Waals surface area contributed by atoms with Crippen LogP contribution in [-0.4, -0.2) is 11.9 Å². The lowest BCUT2D eigenvalue weighted by Gasteiger charge is -2.21. The van der Waals surface area contributed by atoms with Gasteiger partial charge in [-0.25, -0.2) is 0 Å². The van der Waals surface area contributed by atoms with Crippen molar-refractivity contribution in [3.05, 3.63) is 35.9 Å². The van der Waals surface area contributed by atoms with Gasteiger partial charge in [0.25, 0.3) is 0 Å². The smallest absolute Gasteiger partial charge is 0.237 e. The Morgan fingerprint density at radius 3 is 2.33 bits per heavy atom. The summed E-state index contributed by atoms with van der Waals surface area (Å²) in [6, 6.07) is 9.76. The molecule has 1 rings (SSSR count). The van der Waals surface area contributed by atoms with Crippen molar-refractivity contribution in [1.82, 2.24) is 5.32 Å². The Kier molecular flexibility index (Phi) is 6.44. The summed E-state index contributed by atoms with van der Waals surface area (Å²) in [7, 11) is 0. The molecule has 0 spiro atoms. The maximum atomic E-state index is 12.0. The topological polar surface area (TPSA) is 55.1 Å². The number of nitrogens with one attached hydrogen (secondary N) is 1. The highest BCUT2D eigenvalue weighted by Crippen LogP contribution is 2.18. The molecule has 100 valence electrons. The average Bonchev–Trinajstić information content (AvgIpc) is 2.39. The van der Waals surface area contributed by atoms with Crippen LogP contribution in [-0.2, 0) is 4.79 Å². The van der Waals surface area contributed by atoms with E-state index in [1.165, 1.54) is 0 Å². The second kappa shape index (κ2) is 7.88. The van der Waals surface area contributed by atoms with Crippen molar-refractivity contribution in [3.63, 3.8) is 0 Å². The van der Waals surface area contributed by atoms with Crippen LogP contribution in [0.4, 0.5) is 0 Å². The predicted molar refractivity (Wildman–Crippen MR) is 75.1 cm³/mol. The van der Waals surface area contributed by atoms with Crippen molar-refractivity contribution < 1.29 is 4.79 Å². The maximum Gasteiger partial charge on any atom is 0.237 e. The summed E-state index contributed by atoms with van der Waals surface area (Å²) < 4.78 is 0. The Labute approximate surface area is 110 Å². The van der Waals surface area contributed by atoms with Gasteiger partial charge in [0.15, 0.2) is 0 Å². The Morgan fingerprint density at radius 2 is 1.78 bits per heavy atom. The standard InChI is InChI=1S/C15H24N2O/c1-3-8-13(16)15(18)17-14(9-4-2)12-10-6-5-7-11-12/h5-7,10-11,13-14H,3-4,8-9,16H2,1-2H3,(H,17,18)/t13-,14-/m0/s1. The summed E-state index contributed by atoms with van der Waals surface area (Å²) >= 11 is 0. The van der Waals surface area contributed by atoms with Crippen LogP contribution in [0.2, 0.25) is 0 Å². The van der Waals surface area contributed by atoms with Gasteiger partial charge in [-0.2, -0.15) is 0 Å². The Balaban J connectivity index is 2.66. The number of carbonyl (C=O) groups is 1. The van der Waals surface area contributed by atoms with Gasteiger partial charge in [-0.05, 0) is 18.4 Å². The molecule has 1 aromatic carbocycles. The molecule has 1 aromatic rings. The van der Waals surface area contributed by atoms with Crippen LogP contribution in [0.1, 0.15) is 51.1 Å². The fourth-order valence-corrected chi connectivity index (χ4v) is 2.02. The summed E-state index contributed by atoms with van der Waals surface area (Å²) in [6.45, 7) is 4.15. The van der Waals surface area contributed by atoms with Gasteiger partial charge in [0.1, 0.15) is 0 Å². The van der Waals surface area contributed by atoms with Gasteiger partial charge in [0, 0.05) is 0 Å². The van der Waals surface area contributed by atoms with E-state index in [1.807, 2.05) is 37.3 Å². The van der Waals surface area contributed by atoms with Crippen LogP contribution in [0.15, 0.2) is 30.3 Å². The van der Waals surface area contributed by atoms with E-state index in [4.69, 9.17) is 5.73 Å². The minimum Gasteiger partial charge on any atom is -0.348 e. The van der Waals surface area contributed by atoms with E-state index in [1.54, 1.807) is 0 Å². The summed E-state index contributed by atoms with van der Waals surface area (Å²) in [5.74, 6) is -0.0425. The minimum atomic E-state index is -0.391. The Bertz CT molecular complexity index is 351. The number of carbonyl (C=O) groups excluding carboxylic acids is 1. The summed E-state index contributed by atoms with van der Waals surface area (Å²) in [5, 5.41) is 3.05. The van der Waals surface area contributed by atoms with E-state index in [9.17, 15) is 4.79 Å². The Morgan fingerprint density at radius 1 is 1.17 bits per heavy atom. The molecule has 0 saturated carbocycles. The second-order valence-electron chi connectivity index (χ2n) is 4.66. The van der Waals surface area contributed by atoms with Gasteiger partial charge in [0.2, 0.25) is 5.91 Å². The minimum absolute atomic E-state index is 0.0425. The maximum absolute atomic E-state index is 12.0. The highest BCUT2D eigenvalue weighted by Gasteiger charge is 2.17. The van der Waals surface area contributed by atoms with E-state index < -0.39 is 6.04 Å². The molecule has 0 aliphatic carbocycles. The van der Waals surface area contributed by atoms with Gasteiger partial charge >= 0.3 is 0 Å². The van der Waals surface area contributed by atoms with Crippen molar-refractivity contribution in [2.75, 3.05) is 0 Å². The zero-order valence-corrected chi connectivity index (χ0v) is 11.4. The summed E-state index contributed by atoms with van der Waals surface area (Å²) in [4.78, 5) is 12.0. The molecule has 18 heavy (non-hydrogen) atoms. The first kappa shape index (κ1) is 14.7. The van der Waals surface area contributed by atoms with Gasteiger partial charge in [-0.1, -0.05) is 57.0 Å². The van der Waals surface area contributed by atoms with E-state index in [0.717, 1.165) is 31.2 Å². The van der Waals surface area contributed by atoms with Crippen LogP contribution in [0.3, 0.4) is 0 Å². The molecular weight excluding hydrogens is 224 g/mol. The first-order valence-electron chi connectivity index (χ1n) is 6.79. The van der Waals surface area contributed by atoms with Crippen LogP contribution in [0.5, 0.6) is 0 Å². The molecule has 0 saturated heterocycles. The average molecular weight is 248 g/mol. The molecule has 0 radical (unpaired) electrons. The van der Waals surface area contributed by atoms with Crippen molar-refractivity contribution in [3.8, 4) is 0 Å². The second-order valence-corrected chi connectivity index (χ2v) is 4.66. The molecule has 0 heterocycles. The van der Waals surface area contributed by atoms with E-state index in [-0.39, 0.29) is 11.9 Å². The molecule has 3 N–H and O–H groups in total. The number of benzene rings is 1. The van der Waals surface area contributed by atoms with E-state index in [0.29, 0.717) is 0 Å². The highest BCUT2D eigenvalue weighted by atomic mass is 16.2. The van der Waals surface area contributed by atoms with Crippen molar-refractivity contribution in [1.29, 1.82) is 0 Å². The van der Waals surface area contributed by atoms with Crippen LogP contribution < -0.4 is 11.1 Å². The number of hydrogen-bond donors (Lipinski definition) is 2. The highest BCUT2D eigenvalue weighted by molar-refractivity contribution is 5.81. The fourth-order valence-electron chi connectivity index (χ4n) is 2.02. The molecule has 0 aromatic heterocycles. The van der Waals surface area contributed by atoms with Gasteiger partial charge in [0.05, 0.1) is 12.1 Å².